The molecular weight excluding hydrogens is 218 g/mol. The van der Waals surface area contributed by atoms with Crippen LogP contribution in [0.25, 0.3) is 0 Å². The Morgan fingerprint density at radius 1 is 1.38 bits per heavy atom. The number of carboxylic acid groups (broad SMARTS) is 1. The molecule has 7 nitrogen and oxygen atoms in total. The quantitative estimate of drug-likeness (QED) is 0.494. The molecule has 0 bridgehead atoms. The van der Waals surface area contributed by atoms with E-state index in [1.807, 2.05) is 0 Å². The fraction of sp³-hybridized carbons (Fsp3) is 0.222. The molecule has 2 unspecified atom stereocenters. The lowest BCUT2D eigenvalue weighted by Crippen LogP contribution is -2.27. The van der Waals surface area contributed by atoms with Gasteiger partial charge in [0, 0.05) is 12.1 Å². The van der Waals surface area contributed by atoms with Crippen molar-refractivity contribution >= 4 is 11.7 Å². The van der Waals surface area contributed by atoms with Gasteiger partial charge in [-0.3, -0.25) is 10.1 Å². The Morgan fingerprint density at radius 3 is 2.50 bits per heavy atom. The van der Waals surface area contributed by atoms with Crippen LogP contribution in [-0.4, -0.2) is 32.3 Å². The normalized spacial score (nSPS) is 14.1. The first-order valence-corrected chi connectivity index (χ1v) is 4.26. The van der Waals surface area contributed by atoms with Gasteiger partial charge in [-0.1, -0.05) is 12.1 Å². The summed E-state index contributed by atoms with van der Waals surface area (Å²) in [6.07, 6.45) is -3.71. The molecule has 0 aliphatic carbocycles. The topological polar surface area (TPSA) is 121 Å². The molecule has 3 N–H and O–H groups in total. The molecule has 0 spiro atoms. The van der Waals surface area contributed by atoms with E-state index in [1.165, 1.54) is 18.2 Å². The van der Waals surface area contributed by atoms with Crippen LogP contribution in [0.5, 0.6) is 0 Å². The molecule has 0 aliphatic rings. The van der Waals surface area contributed by atoms with Gasteiger partial charge in [-0.2, -0.15) is 0 Å². The van der Waals surface area contributed by atoms with Gasteiger partial charge >= 0.3 is 5.97 Å². The molecule has 0 amide bonds. The number of hydrogen-bond acceptors (Lipinski definition) is 5. The van der Waals surface area contributed by atoms with Gasteiger partial charge in [-0.05, 0) is 5.56 Å². The van der Waals surface area contributed by atoms with Crippen LogP contribution in [0.1, 0.15) is 11.7 Å². The van der Waals surface area contributed by atoms with Crippen molar-refractivity contribution < 1.29 is 25.0 Å². The third-order valence-electron chi connectivity index (χ3n) is 1.97. The first-order chi connectivity index (χ1) is 7.43. The molecule has 0 saturated carbocycles. The van der Waals surface area contributed by atoms with E-state index in [-0.39, 0.29) is 11.3 Å². The van der Waals surface area contributed by atoms with Gasteiger partial charge in [0.1, 0.15) is 6.10 Å². The van der Waals surface area contributed by atoms with Crippen molar-refractivity contribution in [3.05, 3.63) is 39.9 Å². The molecule has 0 aliphatic heterocycles. The summed E-state index contributed by atoms with van der Waals surface area (Å²) in [6, 6.07) is 4.80. The predicted molar refractivity (Wildman–Crippen MR) is 51.7 cm³/mol. The third-order valence-corrected chi connectivity index (χ3v) is 1.97. The SMILES string of the molecule is O=C(O)C(O)C(O)c1cccc([N+](=O)[O-])c1. The first kappa shape index (κ1) is 12.1. The molecule has 0 radical (unpaired) electrons. The van der Waals surface area contributed by atoms with Gasteiger partial charge in [-0.25, -0.2) is 4.79 Å². The lowest BCUT2D eigenvalue weighted by atomic mass is 10.0. The zero-order valence-corrected chi connectivity index (χ0v) is 7.98. The van der Waals surface area contributed by atoms with E-state index >= 15 is 0 Å². The number of nitro benzene ring substituents is 1. The summed E-state index contributed by atoms with van der Waals surface area (Å²) >= 11 is 0. The van der Waals surface area contributed by atoms with Gasteiger partial charge in [0.15, 0.2) is 6.10 Å². The number of carboxylic acids is 1. The monoisotopic (exact) mass is 227 g/mol. The van der Waals surface area contributed by atoms with Crippen LogP contribution in [0.15, 0.2) is 24.3 Å². The summed E-state index contributed by atoms with van der Waals surface area (Å²) in [7, 11) is 0. The minimum Gasteiger partial charge on any atom is -0.479 e. The minimum atomic E-state index is -2.01. The molecule has 7 heteroatoms. The highest BCUT2D eigenvalue weighted by molar-refractivity contribution is 5.73. The first-order valence-electron chi connectivity index (χ1n) is 4.26. The van der Waals surface area contributed by atoms with Gasteiger partial charge in [0.05, 0.1) is 4.92 Å². The maximum atomic E-state index is 10.4. The fourth-order valence-electron chi connectivity index (χ4n) is 1.14. The zero-order valence-electron chi connectivity index (χ0n) is 7.98. The predicted octanol–water partition coefficient (Wildman–Crippen LogP) is 0.0737. The summed E-state index contributed by atoms with van der Waals surface area (Å²) in [4.78, 5) is 20.1. The lowest BCUT2D eigenvalue weighted by Gasteiger charge is -2.13. The van der Waals surface area contributed by atoms with Crippen molar-refractivity contribution in [1.29, 1.82) is 0 Å². The van der Waals surface area contributed by atoms with Crippen LogP contribution < -0.4 is 0 Å². The second kappa shape index (κ2) is 4.69. The van der Waals surface area contributed by atoms with E-state index < -0.39 is 23.1 Å². The maximum Gasteiger partial charge on any atom is 0.335 e. The highest BCUT2D eigenvalue weighted by Crippen LogP contribution is 2.21. The Balaban J connectivity index is 3.00. The van der Waals surface area contributed by atoms with E-state index in [9.17, 15) is 20.0 Å². The van der Waals surface area contributed by atoms with Crippen molar-refractivity contribution in [3.63, 3.8) is 0 Å². The van der Waals surface area contributed by atoms with E-state index in [0.717, 1.165) is 6.07 Å². The molecule has 1 rings (SSSR count). The van der Waals surface area contributed by atoms with E-state index in [0.29, 0.717) is 0 Å². The molecule has 2 atom stereocenters. The minimum absolute atomic E-state index is 0.0240. The molecule has 0 aromatic heterocycles. The Labute approximate surface area is 89.7 Å². The Morgan fingerprint density at radius 2 is 2.00 bits per heavy atom. The molecule has 0 heterocycles. The molecule has 1 aromatic carbocycles. The number of benzene rings is 1. The second-order valence-corrected chi connectivity index (χ2v) is 3.08. The maximum absolute atomic E-state index is 10.4. The molecule has 1 aromatic rings. The lowest BCUT2D eigenvalue weighted by molar-refractivity contribution is -0.385. The Bertz CT molecular complexity index is 418. The van der Waals surface area contributed by atoms with Crippen LogP contribution in [-0.2, 0) is 4.79 Å². The van der Waals surface area contributed by atoms with E-state index in [4.69, 9.17) is 10.2 Å². The number of aliphatic hydroxyl groups excluding tert-OH is 2. The summed E-state index contributed by atoms with van der Waals surface area (Å²) in [5.74, 6) is -1.60. The van der Waals surface area contributed by atoms with Crippen LogP contribution in [0.4, 0.5) is 5.69 Å². The van der Waals surface area contributed by atoms with Crippen LogP contribution in [0.3, 0.4) is 0 Å². The number of hydrogen-bond donors (Lipinski definition) is 3. The summed E-state index contributed by atoms with van der Waals surface area (Å²) in [5.41, 5.74) is -0.307. The van der Waals surface area contributed by atoms with E-state index in [1.54, 1.807) is 0 Å². The number of nitro groups is 1. The van der Waals surface area contributed by atoms with Crippen molar-refractivity contribution in [2.24, 2.45) is 0 Å². The van der Waals surface area contributed by atoms with Crippen LogP contribution >= 0.6 is 0 Å². The third kappa shape index (κ3) is 2.53. The Hall–Kier alpha value is -1.99. The highest BCUT2D eigenvalue weighted by atomic mass is 16.6. The van der Waals surface area contributed by atoms with Crippen molar-refractivity contribution in [2.45, 2.75) is 12.2 Å². The Kier molecular flexibility index (Phi) is 3.54. The van der Waals surface area contributed by atoms with Gasteiger partial charge in [0.2, 0.25) is 0 Å². The van der Waals surface area contributed by atoms with E-state index in [2.05, 4.69) is 0 Å². The van der Waals surface area contributed by atoms with Crippen molar-refractivity contribution in [3.8, 4) is 0 Å². The second-order valence-electron chi connectivity index (χ2n) is 3.08. The van der Waals surface area contributed by atoms with Gasteiger partial charge < -0.3 is 15.3 Å². The number of aliphatic carboxylic acids is 1. The molecule has 0 fully saturated rings. The number of nitrogens with zero attached hydrogens (tertiary/aromatic N) is 1. The standard InChI is InChI=1S/C9H9NO6/c11-7(8(12)9(13)14)5-2-1-3-6(4-5)10(15)16/h1-4,7-8,11-12H,(H,13,14). The number of non-ortho nitro benzene ring substituents is 1. The van der Waals surface area contributed by atoms with Gasteiger partial charge in [0.25, 0.3) is 5.69 Å². The molecule has 86 valence electrons. The summed E-state index contributed by atoms with van der Waals surface area (Å²) in [6.45, 7) is 0. The average molecular weight is 227 g/mol. The zero-order chi connectivity index (χ0) is 12.3. The molecule has 16 heavy (non-hydrogen) atoms. The van der Waals surface area contributed by atoms with Gasteiger partial charge in [-0.15, -0.1) is 0 Å². The summed E-state index contributed by atoms with van der Waals surface area (Å²) < 4.78 is 0. The average Bonchev–Trinajstić information content (AvgIpc) is 2.27. The highest BCUT2D eigenvalue weighted by Gasteiger charge is 2.26. The molecule has 0 saturated heterocycles. The fourth-order valence-corrected chi connectivity index (χ4v) is 1.14. The number of aliphatic hydroxyl groups is 2. The summed E-state index contributed by atoms with van der Waals surface area (Å²) in [5, 5.41) is 37.3. The number of rotatable bonds is 4. The van der Waals surface area contributed by atoms with Crippen molar-refractivity contribution in [2.75, 3.05) is 0 Å². The van der Waals surface area contributed by atoms with Crippen LogP contribution in [0, 0.1) is 10.1 Å². The largest absolute Gasteiger partial charge is 0.479 e. The van der Waals surface area contributed by atoms with Crippen LogP contribution in [0.2, 0.25) is 0 Å². The molecular formula is C9H9NO6. The van der Waals surface area contributed by atoms with Crippen molar-refractivity contribution in [1.82, 2.24) is 0 Å². The smallest absolute Gasteiger partial charge is 0.335 e. The number of carbonyl (C=O) groups is 1.